The molecular weight excluding hydrogens is 208 g/mol. The average molecular weight is 238 g/mol. The monoisotopic (exact) mass is 238 g/mol. The summed E-state index contributed by atoms with van der Waals surface area (Å²) in [6.45, 7) is 5.70. The van der Waals surface area contributed by atoms with E-state index in [9.17, 15) is 0 Å². The van der Waals surface area contributed by atoms with Gasteiger partial charge < -0.3 is 11.1 Å². The van der Waals surface area contributed by atoms with Gasteiger partial charge in [0.1, 0.15) is 0 Å². The van der Waals surface area contributed by atoms with E-state index < -0.39 is 0 Å². The van der Waals surface area contributed by atoms with Gasteiger partial charge in [-0.2, -0.15) is 0 Å². The van der Waals surface area contributed by atoms with Gasteiger partial charge in [0.25, 0.3) is 0 Å². The third kappa shape index (κ3) is 3.45. The minimum Gasteiger partial charge on any atom is -0.330 e. The molecule has 0 aromatic carbocycles. The van der Waals surface area contributed by atoms with E-state index in [0.29, 0.717) is 10.8 Å². The number of hydrogen-bond donors (Lipinski definition) is 2. The number of nitrogens with two attached hydrogens (primary N) is 1. The molecule has 0 atom stereocenters. The Hall–Kier alpha value is -0.0800. The van der Waals surface area contributed by atoms with E-state index in [2.05, 4.69) is 12.2 Å². The summed E-state index contributed by atoms with van der Waals surface area (Å²) in [5.41, 5.74) is 7.11. The van der Waals surface area contributed by atoms with Gasteiger partial charge >= 0.3 is 0 Å². The Labute approximate surface area is 107 Å². The SMILES string of the molecule is CC1(CNCCC2(CN)CCCCC2)CCC1. The van der Waals surface area contributed by atoms with Crippen LogP contribution in [-0.4, -0.2) is 19.6 Å². The first-order chi connectivity index (χ1) is 8.18. The first-order valence-electron chi connectivity index (χ1n) is 7.59. The Kier molecular flexibility index (Phi) is 4.48. The molecule has 0 saturated heterocycles. The molecular formula is C15H30N2. The van der Waals surface area contributed by atoms with Gasteiger partial charge in [-0.1, -0.05) is 32.6 Å². The second-order valence-corrected chi connectivity index (χ2v) is 6.86. The second-order valence-electron chi connectivity index (χ2n) is 6.86. The highest BCUT2D eigenvalue weighted by atomic mass is 14.9. The van der Waals surface area contributed by atoms with Crippen molar-refractivity contribution in [1.82, 2.24) is 5.32 Å². The van der Waals surface area contributed by atoms with E-state index in [1.165, 1.54) is 70.9 Å². The first-order valence-corrected chi connectivity index (χ1v) is 7.59. The van der Waals surface area contributed by atoms with Gasteiger partial charge in [0.2, 0.25) is 0 Å². The van der Waals surface area contributed by atoms with Crippen molar-refractivity contribution in [2.45, 2.75) is 64.7 Å². The minimum absolute atomic E-state index is 0.478. The van der Waals surface area contributed by atoms with Crippen molar-refractivity contribution in [3.8, 4) is 0 Å². The van der Waals surface area contributed by atoms with Gasteiger partial charge in [-0.3, -0.25) is 0 Å². The Morgan fingerprint density at radius 3 is 2.24 bits per heavy atom. The fraction of sp³-hybridized carbons (Fsp3) is 1.00. The number of rotatable bonds is 6. The van der Waals surface area contributed by atoms with E-state index in [4.69, 9.17) is 5.73 Å². The molecule has 0 aromatic heterocycles. The highest BCUT2D eigenvalue weighted by Gasteiger charge is 2.32. The zero-order valence-corrected chi connectivity index (χ0v) is 11.6. The lowest BCUT2D eigenvalue weighted by Crippen LogP contribution is -2.40. The summed E-state index contributed by atoms with van der Waals surface area (Å²) in [4.78, 5) is 0. The second kappa shape index (κ2) is 5.71. The lowest BCUT2D eigenvalue weighted by molar-refractivity contribution is 0.145. The third-order valence-corrected chi connectivity index (χ3v) is 5.29. The highest BCUT2D eigenvalue weighted by molar-refractivity contribution is 4.87. The summed E-state index contributed by atoms with van der Waals surface area (Å²) in [7, 11) is 0. The Bertz CT molecular complexity index is 227. The van der Waals surface area contributed by atoms with Crippen molar-refractivity contribution in [3.05, 3.63) is 0 Å². The highest BCUT2D eigenvalue weighted by Crippen LogP contribution is 2.40. The standard InChI is InChI=1S/C15H30N2/c1-14(6-5-7-14)13-17-11-10-15(12-16)8-3-2-4-9-15/h17H,2-13,16H2,1H3. The fourth-order valence-electron chi connectivity index (χ4n) is 3.56. The van der Waals surface area contributed by atoms with Crippen LogP contribution in [0, 0.1) is 10.8 Å². The maximum absolute atomic E-state index is 6.02. The predicted octanol–water partition coefficient (Wildman–Crippen LogP) is 3.07. The topological polar surface area (TPSA) is 38.0 Å². The van der Waals surface area contributed by atoms with E-state index >= 15 is 0 Å². The van der Waals surface area contributed by atoms with Gasteiger partial charge in [-0.25, -0.2) is 0 Å². The molecule has 2 rings (SSSR count). The van der Waals surface area contributed by atoms with Crippen molar-refractivity contribution in [3.63, 3.8) is 0 Å². The van der Waals surface area contributed by atoms with Crippen LogP contribution in [0.5, 0.6) is 0 Å². The van der Waals surface area contributed by atoms with E-state index in [0.717, 1.165) is 6.54 Å². The van der Waals surface area contributed by atoms with Gasteiger partial charge in [0.05, 0.1) is 0 Å². The molecule has 0 bridgehead atoms. The van der Waals surface area contributed by atoms with Gasteiger partial charge in [-0.15, -0.1) is 0 Å². The first kappa shape index (κ1) is 13.4. The summed E-state index contributed by atoms with van der Waals surface area (Å²) in [5, 5.41) is 3.68. The molecule has 2 aliphatic carbocycles. The van der Waals surface area contributed by atoms with Crippen LogP contribution in [-0.2, 0) is 0 Å². The van der Waals surface area contributed by atoms with E-state index in [-0.39, 0.29) is 0 Å². The molecule has 2 heteroatoms. The summed E-state index contributed by atoms with van der Waals surface area (Å²) in [6, 6.07) is 0. The molecule has 0 spiro atoms. The maximum Gasteiger partial charge on any atom is 0.000516 e. The fourth-order valence-corrected chi connectivity index (χ4v) is 3.56. The summed E-state index contributed by atoms with van der Waals surface area (Å²) in [5.74, 6) is 0. The molecule has 0 radical (unpaired) electrons. The van der Waals surface area contributed by atoms with Crippen LogP contribution in [0.4, 0.5) is 0 Å². The summed E-state index contributed by atoms with van der Waals surface area (Å²) >= 11 is 0. The van der Waals surface area contributed by atoms with Crippen LogP contribution in [0.1, 0.15) is 64.7 Å². The van der Waals surface area contributed by atoms with Crippen molar-refractivity contribution >= 4 is 0 Å². The summed E-state index contributed by atoms with van der Waals surface area (Å²) in [6.07, 6.45) is 12.5. The van der Waals surface area contributed by atoms with Crippen LogP contribution in [0.25, 0.3) is 0 Å². The average Bonchev–Trinajstić information content (AvgIpc) is 2.34. The Balaban J connectivity index is 1.65. The van der Waals surface area contributed by atoms with Crippen molar-refractivity contribution in [2.24, 2.45) is 16.6 Å². The number of nitrogens with one attached hydrogen (secondary N) is 1. The molecule has 2 aliphatic rings. The molecule has 100 valence electrons. The normalized spacial score (nSPS) is 26.5. The van der Waals surface area contributed by atoms with Gasteiger partial charge in [0, 0.05) is 6.54 Å². The Morgan fingerprint density at radius 1 is 1.00 bits per heavy atom. The number of hydrogen-bond acceptors (Lipinski definition) is 2. The van der Waals surface area contributed by atoms with Crippen LogP contribution in [0.15, 0.2) is 0 Å². The van der Waals surface area contributed by atoms with Crippen LogP contribution >= 0.6 is 0 Å². The van der Waals surface area contributed by atoms with Gasteiger partial charge in [0.15, 0.2) is 0 Å². The van der Waals surface area contributed by atoms with Gasteiger partial charge in [-0.05, 0) is 56.0 Å². The molecule has 0 aromatic rings. The Morgan fingerprint density at radius 2 is 1.71 bits per heavy atom. The molecule has 0 heterocycles. The van der Waals surface area contributed by atoms with Crippen molar-refractivity contribution in [1.29, 1.82) is 0 Å². The van der Waals surface area contributed by atoms with Crippen LogP contribution in [0.3, 0.4) is 0 Å². The molecule has 0 amide bonds. The van der Waals surface area contributed by atoms with Crippen LogP contribution < -0.4 is 11.1 Å². The maximum atomic E-state index is 6.02. The molecule has 17 heavy (non-hydrogen) atoms. The van der Waals surface area contributed by atoms with Crippen LogP contribution in [0.2, 0.25) is 0 Å². The molecule has 0 unspecified atom stereocenters. The molecule has 2 nitrogen and oxygen atoms in total. The molecule has 0 aliphatic heterocycles. The van der Waals surface area contributed by atoms with Crippen molar-refractivity contribution < 1.29 is 0 Å². The van der Waals surface area contributed by atoms with Crippen molar-refractivity contribution in [2.75, 3.05) is 19.6 Å². The zero-order chi connectivity index (χ0) is 12.2. The molecule has 3 N–H and O–H groups in total. The van der Waals surface area contributed by atoms with E-state index in [1.54, 1.807) is 0 Å². The van der Waals surface area contributed by atoms with E-state index in [1.807, 2.05) is 0 Å². The lowest BCUT2D eigenvalue weighted by Gasteiger charge is -2.40. The lowest BCUT2D eigenvalue weighted by atomic mass is 9.70. The third-order valence-electron chi connectivity index (χ3n) is 5.29. The summed E-state index contributed by atoms with van der Waals surface area (Å²) < 4.78 is 0. The largest absolute Gasteiger partial charge is 0.330 e. The molecule has 2 fully saturated rings. The minimum atomic E-state index is 0.478. The predicted molar refractivity (Wildman–Crippen MR) is 74.0 cm³/mol. The smallest absolute Gasteiger partial charge is 0.000516 e. The molecule has 2 saturated carbocycles. The quantitative estimate of drug-likeness (QED) is 0.698. The zero-order valence-electron chi connectivity index (χ0n) is 11.6.